The van der Waals surface area contributed by atoms with E-state index in [2.05, 4.69) is 21.7 Å². The Hall–Kier alpha value is -0.350. The molecule has 1 rings (SSSR count). The van der Waals surface area contributed by atoms with Gasteiger partial charge in [-0.05, 0) is 52.4 Å². The molecule has 0 amide bonds. The zero-order valence-electron chi connectivity index (χ0n) is 15.9. The number of allylic oxidation sites excluding steroid dienone is 1. The second-order valence-electron chi connectivity index (χ2n) is 6.12. The first-order valence-electron chi connectivity index (χ1n) is 9.13. The Morgan fingerprint density at radius 1 is 1.28 bits per heavy atom. The SMILES string of the molecule is CCNC(=NCCCN(C)S(=O)(=O)CC)NCCC1=CCCCC1.I. The van der Waals surface area contributed by atoms with Crippen LogP contribution in [0.1, 0.15) is 52.4 Å². The molecule has 25 heavy (non-hydrogen) atoms. The Labute approximate surface area is 171 Å². The third kappa shape index (κ3) is 10.4. The molecule has 0 aromatic carbocycles. The van der Waals surface area contributed by atoms with Gasteiger partial charge in [-0.3, -0.25) is 4.99 Å². The lowest BCUT2D eigenvalue weighted by Gasteiger charge is -2.16. The maximum Gasteiger partial charge on any atom is 0.213 e. The summed E-state index contributed by atoms with van der Waals surface area (Å²) in [6, 6.07) is 0. The molecule has 148 valence electrons. The summed E-state index contributed by atoms with van der Waals surface area (Å²) in [5.74, 6) is 0.960. The van der Waals surface area contributed by atoms with E-state index in [0.717, 1.165) is 31.9 Å². The Balaban J connectivity index is 0.00000576. The maximum absolute atomic E-state index is 11.7. The summed E-state index contributed by atoms with van der Waals surface area (Å²) in [4.78, 5) is 4.53. The monoisotopic (exact) mass is 486 g/mol. The van der Waals surface area contributed by atoms with Crippen LogP contribution in [0.4, 0.5) is 0 Å². The van der Waals surface area contributed by atoms with E-state index in [9.17, 15) is 8.42 Å². The summed E-state index contributed by atoms with van der Waals surface area (Å²) >= 11 is 0. The van der Waals surface area contributed by atoms with Crippen molar-refractivity contribution in [2.75, 3.05) is 39.0 Å². The molecule has 0 aromatic rings. The van der Waals surface area contributed by atoms with Crippen molar-refractivity contribution in [2.45, 2.75) is 52.4 Å². The van der Waals surface area contributed by atoms with Gasteiger partial charge in [-0.25, -0.2) is 12.7 Å². The summed E-state index contributed by atoms with van der Waals surface area (Å²) in [7, 11) is -1.46. The van der Waals surface area contributed by atoms with Gasteiger partial charge in [-0.1, -0.05) is 11.6 Å². The van der Waals surface area contributed by atoms with Crippen LogP contribution in [0.25, 0.3) is 0 Å². The normalized spacial score (nSPS) is 15.5. The number of halogens is 1. The van der Waals surface area contributed by atoms with Crippen LogP contribution in [0.15, 0.2) is 16.6 Å². The highest BCUT2D eigenvalue weighted by molar-refractivity contribution is 14.0. The fourth-order valence-electron chi connectivity index (χ4n) is 2.66. The van der Waals surface area contributed by atoms with Crippen molar-refractivity contribution in [3.8, 4) is 0 Å². The van der Waals surface area contributed by atoms with Crippen LogP contribution in [0.2, 0.25) is 0 Å². The standard InChI is InChI=1S/C17H34N4O2S.HI/c1-4-18-17(20-14-12-16-10-7-6-8-11-16)19-13-9-15-21(3)24(22,23)5-2;/h10H,4-9,11-15H2,1-3H3,(H2,18,19,20);1H. The smallest absolute Gasteiger partial charge is 0.213 e. The highest BCUT2D eigenvalue weighted by atomic mass is 127. The zero-order valence-corrected chi connectivity index (χ0v) is 19.0. The van der Waals surface area contributed by atoms with E-state index in [-0.39, 0.29) is 29.7 Å². The molecule has 0 heterocycles. The minimum absolute atomic E-state index is 0. The quantitative estimate of drug-likeness (QED) is 0.164. The fourth-order valence-corrected chi connectivity index (χ4v) is 3.51. The van der Waals surface area contributed by atoms with Gasteiger partial charge in [0.15, 0.2) is 5.96 Å². The van der Waals surface area contributed by atoms with E-state index in [0.29, 0.717) is 13.1 Å². The topological polar surface area (TPSA) is 73.8 Å². The third-order valence-corrected chi connectivity index (χ3v) is 6.07. The molecular formula is C17H35IN4O2S. The van der Waals surface area contributed by atoms with Gasteiger partial charge in [0.2, 0.25) is 10.0 Å². The van der Waals surface area contributed by atoms with E-state index in [1.165, 1.54) is 30.0 Å². The number of hydrogen-bond donors (Lipinski definition) is 2. The average molecular weight is 486 g/mol. The molecule has 0 saturated carbocycles. The van der Waals surface area contributed by atoms with E-state index >= 15 is 0 Å². The summed E-state index contributed by atoms with van der Waals surface area (Å²) in [5.41, 5.74) is 1.55. The third-order valence-electron chi connectivity index (χ3n) is 4.21. The molecule has 0 fully saturated rings. The maximum atomic E-state index is 11.7. The van der Waals surface area contributed by atoms with Crippen LogP contribution in [0.5, 0.6) is 0 Å². The van der Waals surface area contributed by atoms with Crippen LogP contribution in [-0.2, 0) is 10.0 Å². The van der Waals surface area contributed by atoms with Gasteiger partial charge in [0.25, 0.3) is 0 Å². The number of aliphatic imine (C=N–C) groups is 1. The highest BCUT2D eigenvalue weighted by Crippen LogP contribution is 2.19. The molecular weight excluding hydrogens is 451 g/mol. The average Bonchev–Trinajstić information content (AvgIpc) is 2.59. The number of rotatable bonds is 10. The molecule has 0 aromatic heterocycles. The van der Waals surface area contributed by atoms with Crippen molar-refractivity contribution in [3.05, 3.63) is 11.6 Å². The molecule has 0 spiro atoms. The summed E-state index contributed by atoms with van der Waals surface area (Å²) in [6.07, 6.45) is 9.25. The largest absolute Gasteiger partial charge is 0.357 e. The van der Waals surface area contributed by atoms with Crippen LogP contribution in [-0.4, -0.2) is 57.7 Å². The molecule has 0 atom stereocenters. The lowest BCUT2D eigenvalue weighted by molar-refractivity contribution is 0.465. The molecule has 0 unspecified atom stereocenters. The Bertz CT molecular complexity index is 521. The van der Waals surface area contributed by atoms with Gasteiger partial charge in [0.05, 0.1) is 5.75 Å². The minimum atomic E-state index is -3.09. The summed E-state index contributed by atoms with van der Waals surface area (Å²) < 4.78 is 24.8. The highest BCUT2D eigenvalue weighted by Gasteiger charge is 2.13. The first kappa shape index (κ1) is 24.7. The Morgan fingerprint density at radius 3 is 2.64 bits per heavy atom. The van der Waals surface area contributed by atoms with Gasteiger partial charge >= 0.3 is 0 Å². The van der Waals surface area contributed by atoms with Gasteiger partial charge in [0.1, 0.15) is 0 Å². The molecule has 1 aliphatic carbocycles. The van der Waals surface area contributed by atoms with Crippen LogP contribution < -0.4 is 10.6 Å². The summed E-state index contributed by atoms with van der Waals surface area (Å²) in [5, 5.41) is 6.60. The molecule has 1 aliphatic rings. The van der Waals surface area contributed by atoms with Crippen LogP contribution in [0.3, 0.4) is 0 Å². The van der Waals surface area contributed by atoms with Crippen molar-refractivity contribution < 1.29 is 8.42 Å². The number of guanidine groups is 1. The number of nitrogens with one attached hydrogen (secondary N) is 2. The number of nitrogens with zero attached hydrogens (tertiary/aromatic N) is 2. The van der Waals surface area contributed by atoms with Crippen LogP contribution in [0, 0.1) is 0 Å². The van der Waals surface area contributed by atoms with Gasteiger partial charge in [0, 0.05) is 33.2 Å². The van der Waals surface area contributed by atoms with Gasteiger partial charge < -0.3 is 10.6 Å². The van der Waals surface area contributed by atoms with E-state index in [1.807, 2.05) is 6.92 Å². The van der Waals surface area contributed by atoms with Crippen molar-refractivity contribution in [3.63, 3.8) is 0 Å². The van der Waals surface area contributed by atoms with Gasteiger partial charge in [-0.2, -0.15) is 0 Å². The predicted octanol–water partition coefficient (Wildman–Crippen LogP) is 2.72. The lowest BCUT2D eigenvalue weighted by Crippen LogP contribution is -2.38. The molecule has 0 saturated heterocycles. The predicted molar refractivity (Wildman–Crippen MR) is 117 cm³/mol. The minimum Gasteiger partial charge on any atom is -0.357 e. The number of hydrogen-bond acceptors (Lipinski definition) is 3. The zero-order chi connectivity index (χ0) is 17.8. The fraction of sp³-hybridized carbons (Fsp3) is 0.824. The molecule has 8 heteroatoms. The second kappa shape index (κ2) is 13.8. The molecule has 6 nitrogen and oxygen atoms in total. The van der Waals surface area contributed by atoms with Crippen molar-refractivity contribution in [1.82, 2.24) is 14.9 Å². The van der Waals surface area contributed by atoms with E-state index < -0.39 is 10.0 Å². The molecule has 2 N–H and O–H groups in total. The van der Waals surface area contributed by atoms with E-state index in [1.54, 1.807) is 19.5 Å². The molecule has 0 bridgehead atoms. The van der Waals surface area contributed by atoms with Crippen LogP contribution >= 0.6 is 24.0 Å². The second-order valence-corrected chi connectivity index (χ2v) is 8.49. The number of sulfonamides is 1. The summed E-state index contributed by atoms with van der Waals surface area (Å²) in [6.45, 7) is 6.54. The Kier molecular flexibility index (Phi) is 13.6. The van der Waals surface area contributed by atoms with Gasteiger partial charge in [-0.15, -0.1) is 24.0 Å². The van der Waals surface area contributed by atoms with Crippen molar-refractivity contribution >= 4 is 40.0 Å². The molecule has 0 radical (unpaired) electrons. The van der Waals surface area contributed by atoms with Crippen molar-refractivity contribution in [1.29, 1.82) is 0 Å². The first-order valence-corrected chi connectivity index (χ1v) is 10.7. The molecule has 0 aliphatic heterocycles. The van der Waals surface area contributed by atoms with E-state index in [4.69, 9.17) is 0 Å². The first-order chi connectivity index (χ1) is 11.5. The Morgan fingerprint density at radius 2 is 2.04 bits per heavy atom. The van der Waals surface area contributed by atoms with Crippen molar-refractivity contribution in [2.24, 2.45) is 4.99 Å². The lowest BCUT2D eigenvalue weighted by atomic mass is 9.97.